The molecule has 4 nitrogen and oxygen atoms in total. The van der Waals surface area contributed by atoms with Crippen LogP contribution in [-0.4, -0.2) is 31.7 Å². The van der Waals surface area contributed by atoms with E-state index < -0.39 is 0 Å². The van der Waals surface area contributed by atoms with Crippen LogP contribution in [-0.2, 0) is 16.1 Å². The predicted octanol–water partition coefficient (Wildman–Crippen LogP) is 1.41. The summed E-state index contributed by atoms with van der Waals surface area (Å²) in [4.78, 5) is 11.8. The topological polar surface area (TPSA) is 50.4 Å². The average Bonchev–Trinajstić information content (AvgIpc) is 2.39. The normalized spacial score (nSPS) is 18.5. The highest BCUT2D eigenvalue weighted by atomic mass is 35.5. The predicted molar refractivity (Wildman–Crippen MR) is 77.5 cm³/mol. The van der Waals surface area contributed by atoms with Crippen molar-refractivity contribution in [3.8, 4) is 0 Å². The van der Waals surface area contributed by atoms with E-state index in [0.717, 1.165) is 18.7 Å². The van der Waals surface area contributed by atoms with Gasteiger partial charge >= 0.3 is 0 Å². The van der Waals surface area contributed by atoms with Crippen LogP contribution >= 0.6 is 12.4 Å². The Labute approximate surface area is 120 Å². The van der Waals surface area contributed by atoms with Crippen molar-refractivity contribution >= 4 is 18.3 Å². The Morgan fingerprint density at radius 2 is 2.26 bits per heavy atom. The van der Waals surface area contributed by atoms with Crippen LogP contribution in [0.4, 0.5) is 0 Å². The van der Waals surface area contributed by atoms with E-state index in [1.165, 1.54) is 5.56 Å². The van der Waals surface area contributed by atoms with Crippen LogP contribution in [0.25, 0.3) is 0 Å². The van der Waals surface area contributed by atoms with Crippen molar-refractivity contribution in [2.45, 2.75) is 26.0 Å². The maximum Gasteiger partial charge on any atom is 0.222 e. The first-order valence-corrected chi connectivity index (χ1v) is 6.39. The standard InChI is InChI=1S/C14H20N2O2.ClH/c1-11-4-2-3-5-12(11)9-16-14(17)8-13-10-15-6-7-18-13;/h2-5,13,15H,6-10H2,1H3,(H,16,17);1H. The number of amides is 1. The second-order valence-electron chi connectivity index (χ2n) is 4.60. The number of carbonyl (C=O) groups excluding carboxylic acids is 1. The van der Waals surface area contributed by atoms with Crippen molar-refractivity contribution in [3.05, 3.63) is 35.4 Å². The van der Waals surface area contributed by atoms with Gasteiger partial charge in [-0.3, -0.25) is 4.79 Å². The van der Waals surface area contributed by atoms with Crippen LogP contribution in [0, 0.1) is 6.92 Å². The minimum Gasteiger partial charge on any atom is -0.375 e. The molecule has 1 aliphatic heterocycles. The van der Waals surface area contributed by atoms with Gasteiger partial charge in [0, 0.05) is 19.6 Å². The highest BCUT2D eigenvalue weighted by Crippen LogP contribution is 2.07. The zero-order valence-electron chi connectivity index (χ0n) is 11.1. The lowest BCUT2D eigenvalue weighted by Crippen LogP contribution is -2.41. The number of morpholine rings is 1. The van der Waals surface area contributed by atoms with E-state index in [0.29, 0.717) is 19.6 Å². The summed E-state index contributed by atoms with van der Waals surface area (Å²) >= 11 is 0. The van der Waals surface area contributed by atoms with Gasteiger partial charge in [-0.15, -0.1) is 12.4 Å². The Morgan fingerprint density at radius 1 is 1.47 bits per heavy atom. The molecule has 0 spiro atoms. The zero-order chi connectivity index (χ0) is 12.8. The minimum absolute atomic E-state index is 0. The lowest BCUT2D eigenvalue weighted by atomic mass is 10.1. The molecule has 1 atom stereocenters. The molecule has 0 aliphatic carbocycles. The number of benzene rings is 1. The Hall–Kier alpha value is -1.10. The highest BCUT2D eigenvalue weighted by molar-refractivity contribution is 5.85. The molecular weight excluding hydrogens is 264 g/mol. The van der Waals surface area contributed by atoms with Gasteiger partial charge in [0.15, 0.2) is 0 Å². The van der Waals surface area contributed by atoms with Gasteiger partial charge < -0.3 is 15.4 Å². The van der Waals surface area contributed by atoms with E-state index in [-0.39, 0.29) is 24.4 Å². The van der Waals surface area contributed by atoms with E-state index in [4.69, 9.17) is 4.74 Å². The third kappa shape index (κ3) is 5.19. The Bertz CT molecular complexity index is 406. The van der Waals surface area contributed by atoms with Crippen molar-refractivity contribution in [3.63, 3.8) is 0 Å². The number of ether oxygens (including phenoxy) is 1. The second kappa shape index (κ2) is 8.15. The number of hydrogen-bond acceptors (Lipinski definition) is 3. The van der Waals surface area contributed by atoms with Crippen LogP contribution in [0.2, 0.25) is 0 Å². The molecule has 0 bridgehead atoms. The van der Waals surface area contributed by atoms with E-state index in [1.807, 2.05) is 18.2 Å². The molecule has 1 heterocycles. The van der Waals surface area contributed by atoms with Crippen LogP contribution in [0.15, 0.2) is 24.3 Å². The third-order valence-corrected chi connectivity index (χ3v) is 3.15. The van der Waals surface area contributed by atoms with Crippen LogP contribution in [0.5, 0.6) is 0 Å². The molecule has 1 unspecified atom stereocenters. The van der Waals surface area contributed by atoms with Crippen molar-refractivity contribution in [2.24, 2.45) is 0 Å². The minimum atomic E-state index is 0. The van der Waals surface area contributed by atoms with Gasteiger partial charge in [-0.2, -0.15) is 0 Å². The van der Waals surface area contributed by atoms with Gasteiger partial charge in [-0.25, -0.2) is 0 Å². The molecule has 1 aliphatic rings. The van der Waals surface area contributed by atoms with Crippen molar-refractivity contribution in [2.75, 3.05) is 19.7 Å². The third-order valence-electron chi connectivity index (χ3n) is 3.15. The molecule has 0 radical (unpaired) electrons. The molecule has 1 saturated heterocycles. The maximum absolute atomic E-state index is 11.8. The molecule has 1 amide bonds. The molecule has 106 valence electrons. The lowest BCUT2D eigenvalue weighted by Gasteiger charge is -2.23. The molecule has 0 saturated carbocycles. The first-order valence-electron chi connectivity index (χ1n) is 6.39. The summed E-state index contributed by atoms with van der Waals surface area (Å²) in [5, 5.41) is 6.16. The number of nitrogens with one attached hydrogen (secondary N) is 2. The summed E-state index contributed by atoms with van der Waals surface area (Å²) in [5.41, 5.74) is 2.36. The largest absolute Gasteiger partial charge is 0.375 e. The summed E-state index contributed by atoms with van der Waals surface area (Å²) in [6.45, 7) is 4.97. The number of halogens is 1. The first-order chi connectivity index (χ1) is 8.75. The summed E-state index contributed by atoms with van der Waals surface area (Å²) < 4.78 is 5.50. The molecular formula is C14H21ClN2O2. The van der Waals surface area contributed by atoms with Gasteiger partial charge in [-0.1, -0.05) is 24.3 Å². The second-order valence-corrected chi connectivity index (χ2v) is 4.60. The van der Waals surface area contributed by atoms with Gasteiger partial charge in [-0.05, 0) is 18.1 Å². The fourth-order valence-electron chi connectivity index (χ4n) is 2.03. The summed E-state index contributed by atoms with van der Waals surface area (Å²) in [6.07, 6.45) is 0.439. The molecule has 2 N–H and O–H groups in total. The van der Waals surface area contributed by atoms with Gasteiger partial charge in [0.2, 0.25) is 5.91 Å². The Balaban J connectivity index is 0.00000180. The Kier molecular flexibility index (Phi) is 6.84. The zero-order valence-corrected chi connectivity index (χ0v) is 12.0. The first kappa shape index (κ1) is 16.0. The molecule has 1 aromatic rings. The molecule has 5 heteroatoms. The molecule has 1 aromatic carbocycles. The van der Waals surface area contributed by atoms with E-state index in [1.54, 1.807) is 0 Å². The number of aryl methyl sites for hydroxylation is 1. The van der Waals surface area contributed by atoms with Gasteiger partial charge in [0.25, 0.3) is 0 Å². The molecule has 1 fully saturated rings. The van der Waals surface area contributed by atoms with E-state index >= 15 is 0 Å². The van der Waals surface area contributed by atoms with Gasteiger partial charge in [0.05, 0.1) is 19.1 Å². The molecule has 19 heavy (non-hydrogen) atoms. The Morgan fingerprint density at radius 3 is 2.95 bits per heavy atom. The van der Waals surface area contributed by atoms with E-state index in [2.05, 4.69) is 23.6 Å². The fourth-order valence-corrected chi connectivity index (χ4v) is 2.03. The number of carbonyl (C=O) groups is 1. The lowest BCUT2D eigenvalue weighted by molar-refractivity contribution is -0.124. The smallest absolute Gasteiger partial charge is 0.222 e. The van der Waals surface area contributed by atoms with Crippen molar-refractivity contribution in [1.29, 1.82) is 0 Å². The van der Waals surface area contributed by atoms with Crippen LogP contribution in [0.1, 0.15) is 17.5 Å². The summed E-state index contributed by atoms with van der Waals surface area (Å²) in [7, 11) is 0. The monoisotopic (exact) mass is 284 g/mol. The molecule has 0 aromatic heterocycles. The average molecular weight is 285 g/mol. The van der Waals surface area contributed by atoms with Gasteiger partial charge in [0.1, 0.15) is 0 Å². The van der Waals surface area contributed by atoms with Crippen molar-refractivity contribution in [1.82, 2.24) is 10.6 Å². The quantitative estimate of drug-likeness (QED) is 0.879. The van der Waals surface area contributed by atoms with Crippen LogP contribution < -0.4 is 10.6 Å². The SMILES string of the molecule is Cc1ccccc1CNC(=O)CC1CNCCO1.Cl. The van der Waals surface area contributed by atoms with Crippen molar-refractivity contribution < 1.29 is 9.53 Å². The highest BCUT2D eigenvalue weighted by Gasteiger charge is 2.16. The van der Waals surface area contributed by atoms with E-state index in [9.17, 15) is 4.79 Å². The molecule has 2 rings (SSSR count). The van der Waals surface area contributed by atoms with Crippen LogP contribution in [0.3, 0.4) is 0 Å². The summed E-state index contributed by atoms with van der Waals surface area (Å²) in [5.74, 6) is 0.0481. The summed E-state index contributed by atoms with van der Waals surface area (Å²) in [6, 6.07) is 8.08. The maximum atomic E-state index is 11.8. The number of hydrogen-bond donors (Lipinski definition) is 2. The fraction of sp³-hybridized carbons (Fsp3) is 0.500. The number of rotatable bonds is 4.